The average molecular weight is 464 g/mol. The molecule has 0 aliphatic carbocycles. The number of aromatic nitrogens is 5. The number of pyridine rings is 1. The lowest BCUT2D eigenvalue weighted by atomic mass is 10.2. The minimum Gasteiger partial charge on any atom is -0.370 e. The van der Waals surface area contributed by atoms with Gasteiger partial charge in [0.25, 0.3) is 0 Å². The SMILES string of the molecule is CCc1nn(CCOCC(F)(F)F)c2c(Nc3ccccn3)nc(N3CCCNCC3)nc12. The summed E-state index contributed by atoms with van der Waals surface area (Å²) in [6.45, 7) is 4.04. The predicted molar refractivity (Wildman–Crippen MR) is 119 cm³/mol. The molecule has 0 atom stereocenters. The van der Waals surface area contributed by atoms with Crippen molar-refractivity contribution >= 4 is 28.6 Å². The van der Waals surface area contributed by atoms with Gasteiger partial charge in [-0.05, 0) is 31.5 Å². The van der Waals surface area contributed by atoms with Crippen molar-refractivity contribution in [2.45, 2.75) is 32.5 Å². The number of hydrogen-bond donors (Lipinski definition) is 2. The van der Waals surface area contributed by atoms with E-state index >= 15 is 0 Å². The van der Waals surface area contributed by atoms with Crippen molar-refractivity contribution in [2.24, 2.45) is 0 Å². The van der Waals surface area contributed by atoms with E-state index in [0.717, 1.165) is 38.3 Å². The van der Waals surface area contributed by atoms with Gasteiger partial charge in [-0.3, -0.25) is 4.68 Å². The fraction of sp³-hybridized carbons (Fsp3) is 0.524. The molecule has 9 nitrogen and oxygen atoms in total. The molecule has 0 unspecified atom stereocenters. The van der Waals surface area contributed by atoms with Crippen molar-refractivity contribution in [2.75, 3.05) is 49.6 Å². The lowest BCUT2D eigenvalue weighted by Gasteiger charge is -2.21. The lowest BCUT2D eigenvalue weighted by Crippen LogP contribution is -2.29. The van der Waals surface area contributed by atoms with Crippen LogP contribution >= 0.6 is 0 Å². The Morgan fingerprint density at radius 2 is 2.06 bits per heavy atom. The minimum absolute atomic E-state index is 0.137. The van der Waals surface area contributed by atoms with E-state index < -0.39 is 12.8 Å². The molecule has 2 N–H and O–H groups in total. The molecular formula is C21H27F3N8O. The number of halogens is 3. The summed E-state index contributed by atoms with van der Waals surface area (Å²) >= 11 is 0. The van der Waals surface area contributed by atoms with Crippen LogP contribution in [0.5, 0.6) is 0 Å². The second kappa shape index (κ2) is 10.3. The van der Waals surface area contributed by atoms with E-state index in [1.165, 1.54) is 0 Å². The van der Waals surface area contributed by atoms with Crippen molar-refractivity contribution in [3.8, 4) is 0 Å². The van der Waals surface area contributed by atoms with Crippen LogP contribution in [0.1, 0.15) is 19.0 Å². The molecule has 0 spiro atoms. The largest absolute Gasteiger partial charge is 0.411 e. The monoisotopic (exact) mass is 464 g/mol. The lowest BCUT2D eigenvalue weighted by molar-refractivity contribution is -0.174. The molecule has 12 heteroatoms. The highest BCUT2D eigenvalue weighted by Crippen LogP contribution is 2.29. The van der Waals surface area contributed by atoms with Gasteiger partial charge in [-0.25, -0.2) is 9.97 Å². The van der Waals surface area contributed by atoms with Gasteiger partial charge in [0.05, 0.1) is 18.8 Å². The highest BCUT2D eigenvalue weighted by atomic mass is 19.4. The molecule has 4 heterocycles. The Bertz CT molecular complexity index is 1050. The first-order chi connectivity index (χ1) is 15.9. The molecule has 1 fully saturated rings. The fourth-order valence-electron chi connectivity index (χ4n) is 3.70. The average Bonchev–Trinajstić information content (AvgIpc) is 2.95. The molecule has 178 valence electrons. The summed E-state index contributed by atoms with van der Waals surface area (Å²) in [5.41, 5.74) is 2.04. The highest BCUT2D eigenvalue weighted by Gasteiger charge is 2.27. The minimum atomic E-state index is -4.37. The van der Waals surface area contributed by atoms with E-state index in [4.69, 9.17) is 14.7 Å². The van der Waals surface area contributed by atoms with Crippen LogP contribution in [0.3, 0.4) is 0 Å². The van der Waals surface area contributed by atoms with Crippen LogP contribution < -0.4 is 15.5 Å². The van der Waals surface area contributed by atoms with Crippen molar-refractivity contribution < 1.29 is 17.9 Å². The summed E-state index contributed by atoms with van der Waals surface area (Å²) in [5.74, 6) is 1.70. The zero-order valence-corrected chi connectivity index (χ0v) is 18.4. The molecule has 1 saturated heterocycles. The smallest absolute Gasteiger partial charge is 0.370 e. The van der Waals surface area contributed by atoms with Crippen molar-refractivity contribution in [3.63, 3.8) is 0 Å². The maximum absolute atomic E-state index is 12.5. The summed E-state index contributed by atoms with van der Waals surface area (Å²) in [5, 5.41) is 11.2. The first kappa shape index (κ1) is 23.2. The molecule has 0 aromatic carbocycles. The standard InChI is InChI=1S/C21H27F3N8O/c1-2-15-17-18(32(30-15)12-13-33-14-21(22,23)24)19(27-16-6-3-4-8-26-16)29-20(28-17)31-10-5-7-25-9-11-31/h3-4,6,8,25H,2,5,7,9-14H2,1H3,(H,26,27,28,29). The Morgan fingerprint density at radius 3 is 2.82 bits per heavy atom. The van der Waals surface area contributed by atoms with E-state index in [9.17, 15) is 13.2 Å². The molecule has 0 bridgehead atoms. The maximum atomic E-state index is 12.5. The number of hydrogen-bond acceptors (Lipinski definition) is 8. The second-order valence-corrected chi connectivity index (χ2v) is 7.69. The number of rotatable bonds is 8. The van der Waals surface area contributed by atoms with E-state index in [0.29, 0.717) is 35.0 Å². The van der Waals surface area contributed by atoms with Crippen molar-refractivity contribution in [1.29, 1.82) is 0 Å². The highest BCUT2D eigenvalue weighted by molar-refractivity contribution is 5.90. The Morgan fingerprint density at radius 1 is 1.18 bits per heavy atom. The van der Waals surface area contributed by atoms with E-state index in [-0.39, 0.29) is 13.2 Å². The van der Waals surface area contributed by atoms with Gasteiger partial charge in [0.15, 0.2) is 5.82 Å². The van der Waals surface area contributed by atoms with E-state index in [2.05, 4.69) is 25.6 Å². The quantitative estimate of drug-likeness (QED) is 0.492. The number of ether oxygens (including phenoxy) is 1. The van der Waals surface area contributed by atoms with Gasteiger partial charge >= 0.3 is 6.18 Å². The van der Waals surface area contributed by atoms with Crippen LogP contribution in [0, 0.1) is 0 Å². The number of aryl methyl sites for hydroxylation is 1. The van der Waals surface area contributed by atoms with Crippen LogP contribution in [0.2, 0.25) is 0 Å². The zero-order chi connectivity index (χ0) is 23.3. The molecular weight excluding hydrogens is 437 g/mol. The maximum Gasteiger partial charge on any atom is 0.411 e. The van der Waals surface area contributed by atoms with Gasteiger partial charge in [-0.2, -0.15) is 23.3 Å². The van der Waals surface area contributed by atoms with Crippen LogP contribution in [0.15, 0.2) is 24.4 Å². The van der Waals surface area contributed by atoms with Gasteiger partial charge in [-0.1, -0.05) is 13.0 Å². The predicted octanol–water partition coefficient (Wildman–Crippen LogP) is 2.91. The third-order valence-electron chi connectivity index (χ3n) is 5.23. The van der Waals surface area contributed by atoms with Gasteiger partial charge in [0.2, 0.25) is 5.95 Å². The number of alkyl halides is 3. The van der Waals surface area contributed by atoms with Gasteiger partial charge in [0.1, 0.15) is 23.5 Å². The molecule has 0 amide bonds. The van der Waals surface area contributed by atoms with Crippen LogP contribution in [-0.4, -0.2) is 70.3 Å². The first-order valence-corrected chi connectivity index (χ1v) is 11.0. The topological polar surface area (TPSA) is 93.0 Å². The van der Waals surface area contributed by atoms with Crippen molar-refractivity contribution in [3.05, 3.63) is 30.1 Å². The number of nitrogens with zero attached hydrogens (tertiary/aromatic N) is 6. The second-order valence-electron chi connectivity index (χ2n) is 7.69. The molecule has 3 aromatic heterocycles. The van der Waals surface area contributed by atoms with E-state index in [1.54, 1.807) is 10.9 Å². The Balaban J connectivity index is 1.72. The van der Waals surface area contributed by atoms with Crippen molar-refractivity contribution in [1.82, 2.24) is 30.0 Å². The summed E-state index contributed by atoms with van der Waals surface area (Å²) in [6.07, 6.45) is -1.11. The van der Waals surface area contributed by atoms with Gasteiger partial charge < -0.3 is 20.3 Å². The van der Waals surface area contributed by atoms with Gasteiger partial charge in [-0.15, -0.1) is 0 Å². The summed E-state index contributed by atoms with van der Waals surface area (Å²) in [7, 11) is 0. The third-order valence-corrected chi connectivity index (χ3v) is 5.23. The normalized spacial score (nSPS) is 15.1. The molecule has 1 aliphatic rings. The van der Waals surface area contributed by atoms with Crippen LogP contribution in [-0.2, 0) is 17.7 Å². The van der Waals surface area contributed by atoms with E-state index in [1.807, 2.05) is 25.1 Å². The number of nitrogens with one attached hydrogen (secondary N) is 2. The number of fused-ring (bicyclic) bond motifs is 1. The Labute approximate surface area is 189 Å². The summed E-state index contributed by atoms with van der Waals surface area (Å²) in [4.78, 5) is 16.1. The third kappa shape index (κ3) is 5.88. The first-order valence-electron chi connectivity index (χ1n) is 11.0. The zero-order valence-electron chi connectivity index (χ0n) is 18.4. The molecule has 33 heavy (non-hydrogen) atoms. The molecule has 0 radical (unpaired) electrons. The van der Waals surface area contributed by atoms with Crippen LogP contribution in [0.4, 0.5) is 30.8 Å². The summed E-state index contributed by atoms with van der Waals surface area (Å²) < 4.78 is 43.8. The molecule has 4 rings (SSSR count). The molecule has 3 aromatic rings. The summed E-state index contributed by atoms with van der Waals surface area (Å²) in [6, 6.07) is 5.49. The number of anilines is 3. The van der Waals surface area contributed by atoms with Gasteiger partial charge in [0, 0.05) is 25.8 Å². The fourth-order valence-corrected chi connectivity index (χ4v) is 3.70. The Kier molecular flexibility index (Phi) is 7.23. The molecule has 1 aliphatic heterocycles. The molecule has 0 saturated carbocycles. The van der Waals surface area contributed by atoms with Crippen LogP contribution in [0.25, 0.3) is 11.0 Å². The Hall–Kier alpha value is -2.99.